The van der Waals surface area contributed by atoms with Crippen LogP contribution >= 0.6 is 47.8 Å². The van der Waals surface area contributed by atoms with E-state index in [0.29, 0.717) is 15.7 Å². The third-order valence-electron chi connectivity index (χ3n) is 8.59. The quantitative estimate of drug-likeness (QED) is 0.0387. The highest BCUT2D eigenvalue weighted by Crippen LogP contribution is 2.40. The maximum atomic E-state index is 11.8. The van der Waals surface area contributed by atoms with Crippen LogP contribution in [0.1, 0.15) is 21.5 Å². The average molecular weight is 1110 g/mol. The van der Waals surface area contributed by atoms with Crippen LogP contribution in [0, 0.1) is 0 Å². The number of phenols is 2. The minimum absolute atomic E-state index is 0.00173. The highest BCUT2D eigenvalue weighted by atomic mass is 79.9. The van der Waals surface area contributed by atoms with E-state index in [1.54, 1.807) is 78.7 Å². The second-order valence-electron chi connectivity index (χ2n) is 13.9. The number of aromatic hydroxyl groups is 3. The van der Waals surface area contributed by atoms with E-state index in [0.717, 1.165) is 0 Å². The number of nitrogen functional groups attached to an aromatic ring is 1. The van der Waals surface area contributed by atoms with Crippen molar-refractivity contribution in [3.05, 3.63) is 136 Å². The molecule has 1 aliphatic rings. The first-order valence-electron chi connectivity index (χ1n) is 18.4. The lowest BCUT2D eigenvalue weighted by atomic mass is 10.1. The number of hydrogen-bond donors (Lipinski definition) is 13. The van der Waals surface area contributed by atoms with Crippen LogP contribution in [-0.2, 0) is 0 Å². The van der Waals surface area contributed by atoms with E-state index in [1.807, 2.05) is 0 Å². The molecule has 4 heterocycles. The van der Waals surface area contributed by atoms with E-state index in [-0.39, 0.29) is 95.0 Å². The van der Waals surface area contributed by atoms with Gasteiger partial charge in [-0.2, -0.15) is 0 Å². The predicted octanol–water partition coefficient (Wildman–Crippen LogP) is 2.44. The number of aromatic amines is 6. The van der Waals surface area contributed by atoms with Gasteiger partial charge in [0.15, 0.2) is 27.4 Å². The van der Waals surface area contributed by atoms with Crippen molar-refractivity contribution in [2.24, 2.45) is 0 Å². The number of halogens is 3. The van der Waals surface area contributed by atoms with Gasteiger partial charge in [0, 0.05) is 14.1 Å². The van der Waals surface area contributed by atoms with Crippen LogP contribution in [0.5, 0.6) is 28.9 Å². The van der Waals surface area contributed by atoms with Crippen LogP contribution in [-0.4, -0.2) is 125 Å². The smallest absolute Gasteiger partial charge is 0.403 e. The molecule has 1 amide bonds. The van der Waals surface area contributed by atoms with Gasteiger partial charge in [-0.15, -0.1) is 5.10 Å². The van der Waals surface area contributed by atoms with Gasteiger partial charge < -0.3 is 51.5 Å². The molecule has 24 nitrogen and oxygen atoms in total. The highest BCUT2D eigenvalue weighted by molar-refractivity contribution is 9.13. The van der Waals surface area contributed by atoms with Gasteiger partial charge in [-0.25, -0.2) is 9.15 Å². The van der Waals surface area contributed by atoms with Gasteiger partial charge in [0.25, 0.3) is 22.6 Å². The maximum Gasteiger partial charge on any atom is 0.403 e. The van der Waals surface area contributed by atoms with Gasteiger partial charge in [-0.1, -0.05) is 23.3 Å². The van der Waals surface area contributed by atoms with Gasteiger partial charge in [-0.3, -0.25) is 49.2 Å². The number of carbonyl (C=O) groups excluding carboxylic acids is 1. The fraction of sp³-hybridized carbons (Fsp3) is 0.154. The number of rotatable bonds is 5. The molecule has 0 radical (unpaired) electrons. The Labute approximate surface area is 395 Å². The van der Waals surface area contributed by atoms with Crippen LogP contribution in [0.2, 0.25) is 0 Å². The number of aliphatic hydroxyl groups is 2. The SMILES string of the molecule is CN(C)C(=O)c1cccc(N)c1O.C[N+](C)=C(O)c1cccc(Nc2c(Br)c(=O)[nH][nH]c2=O)c1O.C[N+](C)=C(O)c1cccc2c1Oc1c(c(=O)[nH][nH]c1=O)N2.O=c1[nH][nH+]c(O)c(Br)c1Br. The van der Waals surface area contributed by atoms with Crippen molar-refractivity contribution in [3.63, 3.8) is 0 Å². The maximum absolute atomic E-state index is 11.8. The number of nitrogens with zero attached hydrogens (tertiary/aromatic N) is 3. The molecular weight excluding hydrogens is 1070 g/mol. The Balaban J connectivity index is 0.000000201. The molecule has 66 heavy (non-hydrogen) atoms. The Morgan fingerprint density at radius 2 is 1.23 bits per heavy atom. The molecule has 0 saturated heterocycles. The molecule has 0 atom stereocenters. The molecule has 0 spiro atoms. The summed E-state index contributed by atoms with van der Waals surface area (Å²) in [5.41, 5.74) is 4.62. The molecule has 0 aliphatic carbocycles. The number of carbonyl (C=O) groups is 1. The lowest BCUT2D eigenvalue weighted by Crippen LogP contribution is -2.26. The Morgan fingerprint density at radius 3 is 1.85 bits per heavy atom. The summed E-state index contributed by atoms with van der Waals surface area (Å²) in [5, 5.41) is 67.4. The number of aliphatic hydroxyl groups excluding tert-OH is 2. The molecule has 0 bridgehead atoms. The number of hydrogen-bond acceptors (Lipinski definition) is 13. The molecule has 3 aromatic heterocycles. The topological polar surface area (TPSA) is 365 Å². The first-order valence-corrected chi connectivity index (χ1v) is 20.8. The summed E-state index contributed by atoms with van der Waals surface area (Å²) in [7, 11) is 9.82. The zero-order chi connectivity index (χ0) is 49.3. The Kier molecular flexibility index (Phi) is 16.9. The molecule has 348 valence electrons. The fourth-order valence-corrected chi connectivity index (χ4v) is 6.16. The second kappa shape index (κ2) is 21.8. The van der Waals surface area contributed by atoms with Gasteiger partial charge in [0.05, 0.1) is 22.6 Å². The molecule has 1 aliphatic heterocycles. The van der Waals surface area contributed by atoms with Crippen molar-refractivity contribution in [3.8, 4) is 28.9 Å². The number of ether oxygens (including phenoxy) is 1. The van der Waals surface area contributed by atoms with E-state index in [4.69, 9.17) is 15.6 Å². The lowest BCUT2D eigenvalue weighted by Gasteiger charge is -2.21. The first-order chi connectivity index (χ1) is 31.0. The van der Waals surface area contributed by atoms with Crippen LogP contribution in [0.4, 0.5) is 28.4 Å². The van der Waals surface area contributed by atoms with Crippen molar-refractivity contribution in [2.75, 3.05) is 58.7 Å². The molecule has 15 N–H and O–H groups in total. The largest absolute Gasteiger partial charge is 0.505 e. The second-order valence-corrected chi connectivity index (χ2v) is 16.3. The summed E-state index contributed by atoms with van der Waals surface area (Å²) >= 11 is 8.95. The highest BCUT2D eigenvalue weighted by Gasteiger charge is 2.28. The Hall–Kier alpha value is -7.65. The average Bonchev–Trinajstić information content (AvgIpc) is 3.29. The van der Waals surface area contributed by atoms with E-state index >= 15 is 0 Å². The van der Waals surface area contributed by atoms with Crippen molar-refractivity contribution >= 4 is 93.9 Å². The molecule has 6 aromatic rings. The van der Waals surface area contributed by atoms with Gasteiger partial charge >= 0.3 is 28.8 Å². The summed E-state index contributed by atoms with van der Waals surface area (Å²) in [5.74, 6) is -0.784. The van der Waals surface area contributed by atoms with Gasteiger partial charge in [0.2, 0.25) is 5.75 Å². The molecular formula is C39H42Br3N12O12+3. The molecule has 3 aromatic carbocycles. The minimum atomic E-state index is -0.572. The predicted molar refractivity (Wildman–Crippen MR) is 253 cm³/mol. The van der Waals surface area contributed by atoms with E-state index in [9.17, 15) is 49.2 Å². The summed E-state index contributed by atoms with van der Waals surface area (Å²) in [6, 6.07) is 14.4. The van der Waals surface area contributed by atoms with Crippen molar-refractivity contribution in [2.45, 2.75) is 0 Å². The third kappa shape index (κ3) is 11.7. The number of H-pyrrole nitrogens is 6. The monoisotopic (exact) mass is 1110 g/mol. The number of anilines is 5. The molecule has 0 saturated carbocycles. The van der Waals surface area contributed by atoms with Crippen LogP contribution in [0.15, 0.2) is 92.0 Å². The minimum Gasteiger partial charge on any atom is -0.505 e. The summed E-state index contributed by atoms with van der Waals surface area (Å²) in [6.07, 6.45) is 0. The lowest BCUT2D eigenvalue weighted by molar-refractivity contribution is -0.472. The number of para-hydroxylation sites is 3. The van der Waals surface area contributed by atoms with Crippen LogP contribution < -0.4 is 54.0 Å². The molecule has 0 fully saturated rings. The zero-order valence-electron chi connectivity index (χ0n) is 35.3. The number of nitrogens with one attached hydrogen (secondary N) is 8. The van der Waals surface area contributed by atoms with E-state index in [2.05, 4.69) is 89.0 Å². The third-order valence-corrected chi connectivity index (χ3v) is 11.4. The number of fused-ring (bicyclic) bond motifs is 2. The Morgan fingerprint density at radius 1 is 0.682 bits per heavy atom. The van der Waals surface area contributed by atoms with Gasteiger partial charge in [0.1, 0.15) is 54.0 Å². The number of nitrogens with two attached hydrogens (primary N) is 1. The first kappa shape index (κ1) is 51.0. The summed E-state index contributed by atoms with van der Waals surface area (Å²) in [4.78, 5) is 70.3. The summed E-state index contributed by atoms with van der Waals surface area (Å²) in [6.45, 7) is 0. The summed E-state index contributed by atoms with van der Waals surface area (Å²) < 4.78 is 9.08. The van der Waals surface area contributed by atoms with Crippen LogP contribution in [0.25, 0.3) is 0 Å². The number of phenolic OH excluding ortho intramolecular Hbond substituents is 2. The van der Waals surface area contributed by atoms with Crippen molar-refractivity contribution in [1.82, 2.24) is 30.4 Å². The van der Waals surface area contributed by atoms with Crippen molar-refractivity contribution < 1.29 is 49.3 Å². The number of benzene rings is 3. The number of amides is 1. The van der Waals surface area contributed by atoms with E-state index in [1.165, 1.54) is 32.3 Å². The van der Waals surface area contributed by atoms with E-state index < -0.39 is 22.2 Å². The van der Waals surface area contributed by atoms with Crippen molar-refractivity contribution in [1.29, 1.82) is 0 Å². The zero-order valence-corrected chi connectivity index (χ0v) is 40.1. The fourth-order valence-electron chi connectivity index (χ4n) is 5.22. The Bertz CT molecular complexity index is 3190. The normalized spacial score (nSPS) is 10.6. The standard InChI is InChI=1S/C13H13BrN4O4.C13H12N4O4.C9H12N2O2.C4H2Br2N2O2/c1-18(2)13(22)6-4-3-5-7(10(6)19)15-9-8(14)11(20)16-17-12(9)21;1-17(2)13(20)6-4-3-5-7-9(6)21-10-8(14-7)11(18)15-16-12(10)19;1-11(2)9(13)6-4-3-5-7(10)8(6)12;5-1-2(6)4(10)8-7-3(1)9/h3-5H,1-2H3,(H4,15,16,17,19,20,21,22);3-5H,1-2H3,(H3,14,15,16,18,19);3-5,12H,10H2,1-2H3;(H,7,9)(H,8,10)/p+3. The molecule has 0 unspecified atom stereocenters. The molecule has 27 heteroatoms. The van der Waals surface area contributed by atoms with Crippen LogP contribution in [0.3, 0.4) is 0 Å². The number of aromatic nitrogens is 6. The molecule has 7 rings (SSSR count). The van der Waals surface area contributed by atoms with Gasteiger partial charge in [-0.05, 0) is 84.2 Å².